The number of carbonyl (C=O) groups excluding carboxylic acids is 1. The number of hydrogen-bond acceptors (Lipinski definition) is 5. The van der Waals surface area contributed by atoms with Crippen molar-refractivity contribution in [3.63, 3.8) is 0 Å². The molecular formula is C28H24FNO6. The molecule has 5 rings (SSSR count). The zero-order valence-electron chi connectivity index (χ0n) is 19.4. The van der Waals surface area contributed by atoms with Gasteiger partial charge in [0.25, 0.3) is 6.29 Å². The van der Waals surface area contributed by atoms with Crippen LogP contribution >= 0.6 is 0 Å². The van der Waals surface area contributed by atoms with Crippen molar-refractivity contribution in [2.75, 3.05) is 6.54 Å². The number of ether oxygens (including phenoxy) is 3. The summed E-state index contributed by atoms with van der Waals surface area (Å²) in [5, 5.41) is 9.22. The molecule has 0 bridgehead atoms. The summed E-state index contributed by atoms with van der Waals surface area (Å²) in [6.07, 6.45) is 0.321. The van der Waals surface area contributed by atoms with Gasteiger partial charge >= 0.3 is 12.1 Å². The van der Waals surface area contributed by atoms with Crippen LogP contribution in [0.25, 0.3) is 5.76 Å². The summed E-state index contributed by atoms with van der Waals surface area (Å²) in [5.41, 5.74) is 3.84. The van der Waals surface area contributed by atoms with Crippen LogP contribution in [0.2, 0.25) is 0 Å². The summed E-state index contributed by atoms with van der Waals surface area (Å²) >= 11 is 0. The van der Waals surface area contributed by atoms with E-state index < -0.39 is 18.4 Å². The van der Waals surface area contributed by atoms with Crippen molar-refractivity contribution in [2.45, 2.75) is 32.3 Å². The average Bonchev–Trinajstić information content (AvgIpc) is 3.38. The van der Waals surface area contributed by atoms with E-state index in [0.717, 1.165) is 5.56 Å². The molecule has 0 fully saturated rings. The first-order valence-electron chi connectivity index (χ1n) is 11.6. The third-order valence-electron chi connectivity index (χ3n) is 6.27. The molecule has 0 aliphatic carbocycles. The lowest BCUT2D eigenvalue weighted by Crippen LogP contribution is -2.37. The van der Waals surface area contributed by atoms with E-state index in [9.17, 15) is 19.1 Å². The second-order valence-corrected chi connectivity index (χ2v) is 8.60. The Balaban J connectivity index is 1.33. The van der Waals surface area contributed by atoms with Crippen LogP contribution in [0.3, 0.4) is 0 Å². The molecule has 1 amide bonds. The Morgan fingerprint density at radius 3 is 2.61 bits per heavy atom. The second-order valence-electron chi connectivity index (χ2n) is 8.60. The lowest BCUT2D eigenvalue weighted by molar-refractivity contribution is -0.136. The number of rotatable bonds is 6. The van der Waals surface area contributed by atoms with Crippen LogP contribution in [0.1, 0.15) is 39.7 Å². The third kappa shape index (κ3) is 4.88. The zero-order chi connectivity index (χ0) is 25.1. The van der Waals surface area contributed by atoms with Crippen molar-refractivity contribution in [3.05, 3.63) is 112 Å². The fourth-order valence-corrected chi connectivity index (χ4v) is 4.48. The molecule has 0 radical (unpaired) electrons. The molecule has 3 aromatic carbocycles. The molecule has 7 nitrogen and oxygen atoms in total. The SMILES string of the molecule is O=C(O)Cc1ccccc1C1OC=C(c2ccc(F)c3c2CN(C(=O)OCc2ccccc2)CC3)O1. The van der Waals surface area contributed by atoms with Gasteiger partial charge in [0.05, 0.1) is 13.0 Å². The molecule has 0 aromatic heterocycles. The molecule has 8 heteroatoms. The number of benzene rings is 3. The topological polar surface area (TPSA) is 85.3 Å². The van der Waals surface area contributed by atoms with Crippen LogP contribution in [-0.2, 0) is 45.0 Å². The molecule has 1 atom stereocenters. The lowest BCUT2D eigenvalue weighted by atomic mass is 9.93. The quantitative estimate of drug-likeness (QED) is 0.513. The highest BCUT2D eigenvalue weighted by Gasteiger charge is 2.31. The second kappa shape index (κ2) is 10.1. The number of carbonyl (C=O) groups is 2. The van der Waals surface area contributed by atoms with Gasteiger partial charge in [-0.2, -0.15) is 0 Å². The standard InChI is InChI=1S/C28H24FNO6/c29-24-11-10-22(25-17-34-27(36-25)20-9-5-4-8-19(20)14-26(31)32)23-15-30(13-12-21(23)24)28(33)35-16-18-6-2-1-3-7-18/h1-11,17,27H,12-16H2,(H,31,32). The lowest BCUT2D eigenvalue weighted by Gasteiger charge is -2.30. The largest absolute Gasteiger partial charge is 0.481 e. The average molecular weight is 489 g/mol. The summed E-state index contributed by atoms with van der Waals surface area (Å²) in [6.45, 7) is 0.651. The van der Waals surface area contributed by atoms with Crippen molar-refractivity contribution in [3.8, 4) is 0 Å². The maximum Gasteiger partial charge on any atom is 0.410 e. The molecule has 2 aliphatic heterocycles. The van der Waals surface area contributed by atoms with Gasteiger partial charge in [-0.05, 0) is 40.8 Å². The summed E-state index contributed by atoms with van der Waals surface area (Å²) in [6, 6.07) is 19.4. The Bertz CT molecular complexity index is 1320. The fourth-order valence-electron chi connectivity index (χ4n) is 4.48. The van der Waals surface area contributed by atoms with Crippen molar-refractivity contribution in [2.24, 2.45) is 0 Å². The van der Waals surface area contributed by atoms with Gasteiger partial charge in [0, 0.05) is 17.7 Å². The number of carboxylic acid groups (broad SMARTS) is 1. The van der Waals surface area contributed by atoms with Gasteiger partial charge in [0.2, 0.25) is 0 Å². The Labute approximate surface area is 207 Å². The van der Waals surface area contributed by atoms with E-state index in [1.807, 2.05) is 30.3 Å². The van der Waals surface area contributed by atoms with Crippen LogP contribution in [0.15, 0.2) is 73.0 Å². The third-order valence-corrected chi connectivity index (χ3v) is 6.27. The van der Waals surface area contributed by atoms with Gasteiger partial charge in [-0.15, -0.1) is 0 Å². The van der Waals surface area contributed by atoms with E-state index >= 15 is 0 Å². The number of carboxylic acids is 1. The van der Waals surface area contributed by atoms with E-state index in [0.29, 0.717) is 46.5 Å². The highest BCUT2D eigenvalue weighted by Crippen LogP contribution is 2.38. The molecule has 184 valence electrons. The number of aliphatic carboxylic acids is 1. The van der Waals surface area contributed by atoms with Gasteiger partial charge in [-0.1, -0.05) is 54.6 Å². The first-order valence-corrected chi connectivity index (χ1v) is 11.6. The van der Waals surface area contributed by atoms with E-state index in [1.54, 1.807) is 35.2 Å². The maximum atomic E-state index is 14.7. The van der Waals surface area contributed by atoms with Gasteiger partial charge in [0.15, 0.2) is 5.76 Å². The van der Waals surface area contributed by atoms with E-state index in [-0.39, 0.29) is 25.4 Å². The number of halogens is 1. The van der Waals surface area contributed by atoms with Crippen molar-refractivity contribution in [1.29, 1.82) is 0 Å². The first-order chi connectivity index (χ1) is 17.5. The Hall–Kier alpha value is -4.33. The van der Waals surface area contributed by atoms with Crippen LogP contribution in [0.4, 0.5) is 9.18 Å². The highest BCUT2D eigenvalue weighted by atomic mass is 19.1. The molecule has 0 saturated carbocycles. The van der Waals surface area contributed by atoms with Crippen molar-refractivity contribution < 1.29 is 33.3 Å². The van der Waals surface area contributed by atoms with Crippen LogP contribution < -0.4 is 0 Å². The van der Waals surface area contributed by atoms with Gasteiger partial charge in [0.1, 0.15) is 18.7 Å². The van der Waals surface area contributed by atoms with Crippen molar-refractivity contribution in [1.82, 2.24) is 4.90 Å². The number of fused-ring (bicyclic) bond motifs is 1. The molecule has 0 spiro atoms. The Kier molecular flexibility index (Phi) is 6.58. The summed E-state index contributed by atoms with van der Waals surface area (Å²) in [5.74, 6) is -0.907. The molecule has 36 heavy (non-hydrogen) atoms. The zero-order valence-corrected chi connectivity index (χ0v) is 19.4. The molecule has 1 N–H and O–H groups in total. The first kappa shape index (κ1) is 23.4. The molecule has 2 aliphatic rings. The summed E-state index contributed by atoms with van der Waals surface area (Å²) < 4.78 is 31.9. The summed E-state index contributed by atoms with van der Waals surface area (Å²) in [7, 11) is 0. The maximum absolute atomic E-state index is 14.7. The fraction of sp³-hybridized carbons (Fsp3) is 0.214. The van der Waals surface area contributed by atoms with Gasteiger partial charge < -0.3 is 24.2 Å². The number of nitrogens with zero attached hydrogens (tertiary/aromatic N) is 1. The molecule has 1 unspecified atom stereocenters. The molecular weight excluding hydrogens is 465 g/mol. The number of amides is 1. The van der Waals surface area contributed by atoms with E-state index in [1.165, 1.54) is 12.3 Å². The van der Waals surface area contributed by atoms with E-state index in [4.69, 9.17) is 14.2 Å². The predicted molar refractivity (Wildman–Crippen MR) is 128 cm³/mol. The van der Waals surface area contributed by atoms with Crippen LogP contribution in [0.5, 0.6) is 0 Å². The van der Waals surface area contributed by atoms with Crippen LogP contribution in [0, 0.1) is 5.82 Å². The molecule has 3 aromatic rings. The van der Waals surface area contributed by atoms with Crippen LogP contribution in [-0.4, -0.2) is 28.6 Å². The number of hydrogen-bond donors (Lipinski definition) is 1. The predicted octanol–water partition coefficient (Wildman–Crippen LogP) is 5.19. The minimum Gasteiger partial charge on any atom is -0.481 e. The van der Waals surface area contributed by atoms with E-state index in [2.05, 4.69) is 0 Å². The minimum absolute atomic E-state index is 0.151. The molecule has 2 heterocycles. The Morgan fingerprint density at radius 2 is 1.81 bits per heavy atom. The van der Waals surface area contributed by atoms with Gasteiger partial charge in [-0.3, -0.25) is 4.79 Å². The molecule has 0 saturated heterocycles. The smallest absolute Gasteiger partial charge is 0.410 e. The summed E-state index contributed by atoms with van der Waals surface area (Å²) in [4.78, 5) is 25.6. The van der Waals surface area contributed by atoms with Crippen molar-refractivity contribution >= 4 is 17.8 Å². The highest BCUT2D eigenvalue weighted by molar-refractivity contribution is 5.72. The monoisotopic (exact) mass is 489 g/mol. The Morgan fingerprint density at radius 1 is 1.03 bits per heavy atom. The normalized spacial score (nSPS) is 16.4. The van der Waals surface area contributed by atoms with Gasteiger partial charge in [-0.25, -0.2) is 9.18 Å². The minimum atomic E-state index is -0.958.